The molecule has 2 aromatic heterocycles. The van der Waals surface area contributed by atoms with E-state index in [-0.39, 0.29) is 5.82 Å². The second kappa shape index (κ2) is 4.51. The van der Waals surface area contributed by atoms with Crippen molar-refractivity contribution in [2.45, 2.75) is 6.92 Å². The summed E-state index contributed by atoms with van der Waals surface area (Å²) in [7, 11) is 0. The van der Waals surface area contributed by atoms with Crippen molar-refractivity contribution in [3.63, 3.8) is 0 Å². The van der Waals surface area contributed by atoms with E-state index in [1.165, 1.54) is 12.1 Å². The predicted octanol–water partition coefficient (Wildman–Crippen LogP) is 4.76. The SMILES string of the molecule is Cc1c(Cl)cn2cc(-c3ccc(F)cc3)nc2c1Cl. The van der Waals surface area contributed by atoms with E-state index in [0.717, 1.165) is 16.8 Å². The molecule has 0 aliphatic rings. The van der Waals surface area contributed by atoms with Crippen molar-refractivity contribution in [3.8, 4) is 11.3 Å². The number of aromatic nitrogens is 2. The van der Waals surface area contributed by atoms with Gasteiger partial charge in [0.2, 0.25) is 0 Å². The lowest BCUT2D eigenvalue weighted by molar-refractivity contribution is 0.628. The van der Waals surface area contributed by atoms with Crippen LogP contribution in [0, 0.1) is 12.7 Å². The van der Waals surface area contributed by atoms with E-state index >= 15 is 0 Å². The molecule has 0 unspecified atom stereocenters. The van der Waals surface area contributed by atoms with Gasteiger partial charge in [-0.2, -0.15) is 0 Å². The van der Waals surface area contributed by atoms with E-state index < -0.39 is 0 Å². The number of hydrogen-bond acceptors (Lipinski definition) is 1. The summed E-state index contributed by atoms with van der Waals surface area (Å²) in [6.07, 6.45) is 3.58. The molecule has 3 aromatic rings. The number of hydrogen-bond donors (Lipinski definition) is 0. The van der Waals surface area contributed by atoms with E-state index in [0.29, 0.717) is 15.7 Å². The fourth-order valence-electron chi connectivity index (χ4n) is 1.91. The summed E-state index contributed by atoms with van der Waals surface area (Å²) in [6, 6.07) is 6.16. The van der Waals surface area contributed by atoms with Crippen LogP contribution >= 0.6 is 23.2 Å². The van der Waals surface area contributed by atoms with Crippen LogP contribution in [0.3, 0.4) is 0 Å². The van der Waals surface area contributed by atoms with Gasteiger partial charge < -0.3 is 4.40 Å². The molecular formula is C14H9Cl2FN2. The highest BCUT2D eigenvalue weighted by Crippen LogP contribution is 2.29. The molecule has 3 rings (SSSR count). The third kappa shape index (κ3) is 2.09. The molecule has 0 spiro atoms. The number of imidazole rings is 1. The number of halogens is 3. The molecule has 2 heterocycles. The Bertz CT molecular complexity index is 763. The van der Waals surface area contributed by atoms with Crippen molar-refractivity contribution in [2.24, 2.45) is 0 Å². The van der Waals surface area contributed by atoms with Gasteiger partial charge in [-0.1, -0.05) is 23.2 Å². The Hall–Kier alpha value is -1.58. The molecule has 0 saturated heterocycles. The molecule has 5 heteroatoms. The van der Waals surface area contributed by atoms with Gasteiger partial charge in [-0.05, 0) is 36.8 Å². The first-order valence-electron chi connectivity index (χ1n) is 5.65. The van der Waals surface area contributed by atoms with Crippen molar-refractivity contribution in [3.05, 3.63) is 58.1 Å². The first-order chi connectivity index (χ1) is 9.06. The molecule has 0 saturated carbocycles. The summed E-state index contributed by atoms with van der Waals surface area (Å²) in [4.78, 5) is 4.46. The lowest BCUT2D eigenvalue weighted by Crippen LogP contribution is -1.88. The zero-order chi connectivity index (χ0) is 13.6. The molecule has 0 aliphatic carbocycles. The molecule has 0 bridgehead atoms. The van der Waals surface area contributed by atoms with Gasteiger partial charge >= 0.3 is 0 Å². The van der Waals surface area contributed by atoms with Crippen LogP contribution in [0.5, 0.6) is 0 Å². The summed E-state index contributed by atoms with van der Waals surface area (Å²) in [6.45, 7) is 1.84. The molecule has 0 fully saturated rings. The van der Waals surface area contributed by atoms with Crippen LogP contribution in [0.15, 0.2) is 36.7 Å². The van der Waals surface area contributed by atoms with Crippen LogP contribution < -0.4 is 0 Å². The van der Waals surface area contributed by atoms with Gasteiger partial charge in [0, 0.05) is 18.0 Å². The van der Waals surface area contributed by atoms with E-state index in [1.807, 2.05) is 13.1 Å². The fourth-order valence-corrected chi connectivity index (χ4v) is 2.40. The molecule has 0 aliphatic heterocycles. The third-order valence-corrected chi connectivity index (χ3v) is 3.84. The summed E-state index contributed by atoms with van der Waals surface area (Å²) in [5, 5.41) is 1.11. The lowest BCUT2D eigenvalue weighted by Gasteiger charge is -2.02. The Balaban J connectivity index is 2.22. The zero-order valence-electron chi connectivity index (χ0n) is 9.99. The van der Waals surface area contributed by atoms with E-state index in [4.69, 9.17) is 23.2 Å². The predicted molar refractivity (Wildman–Crippen MR) is 75.3 cm³/mol. The maximum atomic E-state index is 12.9. The normalized spacial score (nSPS) is 11.2. The quantitative estimate of drug-likeness (QED) is 0.633. The Morgan fingerprint density at radius 1 is 1.11 bits per heavy atom. The first kappa shape index (κ1) is 12.5. The molecule has 96 valence electrons. The third-order valence-electron chi connectivity index (χ3n) is 3.01. The topological polar surface area (TPSA) is 17.3 Å². The highest BCUT2D eigenvalue weighted by molar-refractivity contribution is 6.37. The Morgan fingerprint density at radius 3 is 2.47 bits per heavy atom. The minimum absolute atomic E-state index is 0.274. The molecule has 0 amide bonds. The van der Waals surface area contributed by atoms with Crippen molar-refractivity contribution >= 4 is 28.8 Å². The molecule has 2 nitrogen and oxygen atoms in total. The van der Waals surface area contributed by atoms with Gasteiger partial charge in [-0.3, -0.25) is 0 Å². The summed E-state index contributed by atoms with van der Waals surface area (Å²) < 4.78 is 14.7. The zero-order valence-corrected chi connectivity index (χ0v) is 11.5. The number of nitrogens with zero attached hydrogens (tertiary/aromatic N) is 2. The van der Waals surface area contributed by atoms with E-state index in [1.54, 1.807) is 22.7 Å². The minimum Gasteiger partial charge on any atom is -0.304 e. The van der Waals surface area contributed by atoms with Gasteiger partial charge in [0.15, 0.2) is 5.65 Å². The minimum atomic E-state index is -0.274. The largest absolute Gasteiger partial charge is 0.304 e. The molecule has 19 heavy (non-hydrogen) atoms. The second-order valence-corrected chi connectivity index (χ2v) is 5.07. The molecular weight excluding hydrogens is 286 g/mol. The standard InChI is InChI=1S/C14H9Cl2FN2/c1-8-11(15)6-19-7-12(18-14(19)13(8)16)9-2-4-10(17)5-3-9/h2-7H,1H3. The number of pyridine rings is 1. The van der Waals surface area contributed by atoms with Crippen LogP contribution in [0.25, 0.3) is 16.9 Å². The average molecular weight is 295 g/mol. The van der Waals surface area contributed by atoms with Crippen molar-refractivity contribution in [2.75, 3.05) is 0 Å². The highest BCUT2D eigenvalue weighted by atomic mass is 35.5. The maximum absolute atomic E-state index is 12.9. The monoisotopic (exact) mass is 294 g/mol. The van der Waals surface area contributed by atoms with Gasteiger partial charge in [0.05, 0.1) is 15.7 Å². The number of rotatable bonds is 1. The summed E-state index contributed by atoms with van der Waals surface area (Å²) in [5.74, 6) is -0.274. The Morgan fingerprint density at radius 2 is 1.79 bits per heavy atom. The van der Waals surface area contributed by atoms with Crippen LogP contribution in [0.1, 0.15) is 5.56 Å². The van der Waals surface area contributed by atoms with Crippen molar-refractivity contribution in [1.82, 2.24) is 9.38 Å². The molecule has 0 radical (unpaired) electrons. The summed E-state index contributed by atoms with van der Waals surface area (Å²) in [5.41, 5.74) is 2.99. The lowest BCUT2D eigenvalue weighted by atomic mass is 10.2. The Labute approximate surface area is 119 Å². The molecule has 1 aromatic carbocycles. The van der Waals surface area contributed by atoms with Crippen molar-refractivity contribution in [1.29, 1.82) is 0 Å². The van der Waals surface area contributed by atoms with Gasteiger partial charge in [-0.15, -0.1) is 0 Å². The van der Waals surface area contributed by atoms with Gasteiger partial charge in [0.1, 0.15) is 5.82 Å². The smallest absolute Gasteiger partial charge is 0.156 e. The number of fused-ring (bicyclic) bond motifs is 1. The Kier molecular flexibility index (Phi) is 2.96. The molecule has 0 atom stereocenters. The van der Waals surface area contributed by atoms with Crippen molar-refractivity contribution < 1.29 is 4.39 Å². The molecule has 0 N–H and O–H groups in total. The van der Waals surface area contributed by atoms with E-state index in [9.17, 15) is 4.39 Å². The van der Waals surface area contributed by atoms with Crippen LogP contribution in [-0.2, 0) is 0 Å². The number of benzene rings is 1. The second-order valence-electron chi connectivity index (χ2n) is 4.28. The average Bonchev–Trinajstić information content (AvgIpc) is 2.81. The highest BCUT2D eigenvalue weighted by Gasteiger charge is 2.11. The fraction of sp³-hybridized carbons (Fsp3) is 0.0714. The van der Waals surface area contributed by atoms with Crippen LogP contribution in [-0.4, -0.2) is 9.38 Å². The van der Waals surface area contributed by atoms with Gasteiger partial charge in [-0.25, -0.2) is 9.37 Å². The maximum Gasteiger partial charge on any atom is 0.156 e. The van der Waals surface area contributed by atoms with Crippen LogP contribution in [0.4, 0.5) is 4.39 Å². The van der Waals surface area contributed by atoms with E-state index in [2.05, 4.69) is 4.98 Å². The summed E-state index contributed by atoms with van der Waals surface area (Å²) >= 11 is 12.3. The van der Waals surface area contributed by atoms with Crippen LogP contribution in [0.2, 0.25) is 10.0 Å². The first-order valence-corrected chi connectivity index (χ1v) is 6.41. The van der Waals surface area contributed by atoms with Gasteiger partial charge in [0.25, 0.3) is 0 Å².